The number of rotatable bonds is 3. The standard InChI is InChI=1S/C14H23N5O/c1-9-4-5-17-14(15)12(9)13(18-16)11-7-19-6-2-3-10(19)8-20-11/h4-5,10-11,13,18H,2-3,6-8,16H2,1H3,(H2,15,17). The van der Waals surface area contributed by atoms with Crippen LogP contribution in [0.15, 0.2) is 12.3 Å². The normalized spacial score (nSPS) is 28.3. The monoisotopic (exact) mass is 277 g/mol. The Morgan fingerprint density at radius 3 is 3.15 bits per heavy atom. The maximum absolute atomic E-state index is 6.04. The highest BCUT2D eigenvalue weighted by molar-refractivity contribution is 5.46. The smallest absolute Gasteiger partial charge is 0.128 e. The highest BCUT2D eigenvalue weighted by Gasteiger charge is 2.37. The molecule has 0 saturated carbocycles. The molecule has 3 atom stereocenters. The van der Waals surface area contributed by atoms with Gasteiger partial charge in [-0.25, -0.2) is 4.98 Å². The van der Waals surface area contributed by atoms with E-state index in [1.165, 1.54) is 12.8 Å². The average Bonchev–Trinajstić information content (AvgIpc) is 2.90. The molecular formula is C14H23N5O. The quantitative estimate of drug-likeness (QED) is 0.545. The van der Waals surface area contributed by atoms with Gasteiger partial charge in [0.25, 0.3) is 0 Å². The Labute approximate surface area is 119 Å². The molecule has 0 amide bonds. The number of nitrogens with zero attached hydrogens (tertiary/aromatic N) is 2. The van der Waals surface area contributed by atoms with Gasteiger partial charge in [0.05, 0.1) is 18.8 Å². The fraction of sp³-hybridized carbons (Fsp3) is 0.643. The fourth-order valence-corrected chi connectivity index (χ4v) is 3.42. The molecule has 0 aliphatic carbocycles. The van der Waals surface area contributed by atoms with Gasteiger partial charge >= 0.3 is 0 Å². The maximum Gasteiger partial charge on any atom is 0.128 e. The Hall–Kier alpha value is -1.21. The van der Waals surface area contributed by atoms with E-state index in [2.05, 4.69) is 15.3 Å². The lowest BCUT2D eigenvalue weighted by atomic mass is 9.96. The van der Waals surface area contributed by atoms with Crippen molar-refractivity contribution in [2.75, 3.05) is 25.4 Å². The third-order valence-corrected chi connectivity index (χ3v) is 4.52. The van der Waals surface area contributed by atoms with Crippen molar-refractivity contribution in [3.05, 3.63) is 23.4 Å². The average molecular weight is 277 g/mol. The van der Waals surface area contributed by atoms with E-state index < -0.39 is 0 Å². The highest BCUT2D eigenvalue weighted by atomic mass is 16.5. The molecule has 2 saturated heterocycles. The molecule has 3 heterocycles. The van der Waals surface area contributed by atoms with Crippen molar-refractivity contribution in [3.8, 4) is 0 Å². The minimum Gasteiger partial charge on any atom is -0.383 e. The predicted molar refractivity (Wildman–Crippen MR) is 77.8 cm³/mol. The Morgan fingerprint density at radius 2 is 2.40 bits per heavy atom. The summed E-state index contributed by atoms with van der Waals surface area (Å²) in [5.41, 5.74) is 11.0. The molecule has 0 aromatic carbocycles. The van der Waals surface area contributed by atoms with Gasteiger partial charge in [0, 0.05) is 24.3 Å². The van der Waals surface area contributed by atoms with Crippen molar-refractivity contribution in [2.24, 2.45) is 5.84 Å². The number of ether oxygens (including phenoxy) is 1. The number of morpholine rings is 1. The number of hydrazine groups is 1. The number of nitrogens with two attached hydrogens (primary N) is 2. The minimum absolute atomic E-state index is 0.0135. The van der Waals surface area contributed by atoms with Crippen LogP contribution in [0.2, 0.25) is 0 Å². The molecule has 5 N–H and O–H groups in total. The molecule has 2 fully saturated rings. The molecule has 0 radical (unpaired) electrons. The summed E-state index contributed by atoms with van der Waals surface area (Å²) in [6.45, 7) is 4.86. The van der Waals surface area contributed by atoms with Gasteiger partial charge in [-0.15, -0.1) is 0 Å². The van der Waals surface area contributed by atoms with Crippen LogP contribution in [-0.4, -0.2) is 41.7 Å². The van der Waals surface area contributed by atoms with Crippen LogP contribution < -0.4 is 17.0 Å². The first kappa shape index (κ1) is 13.8. The van der Waals surface area contributed by atoms with Crippen molar-refractivity contribution in [2.45, 2.75) is 38.0 Å². The third-order valence-electron chi connectivity index (χ3n) is 4.52. The SMILES string of the molecule is Cc1ccnc(N)c1C(NN)C1CN2CCCC2CO1. The molecule has 6 heteroatoms. The van der Waals surface area contributed by atoms with E-state index in [9.17, 15) is 0 Å². The topological polar surface area (TPSA) is 89.4 Å². The maximum atomic E-state index is 6.04. The minimum atomic E-state index is -0.120. The fourth-order valence-electron chi connectivity index (χ4n) is 3.42. The molecule has 1 aromatic rings. The number of anilines is 1. The van der Waals surface area contributed by atoms with Crippen molar-refractivity contribution >= 4 is 5.82 Å². The molecule has 1 aromatic heterocycles. The zero-order chi connectivity index (χ0) is 14.1. The van der Waals surface area contributed by atoms with Gasteiger partial charge in [-0.05, 0) is 37.9 Å². The Balaban J connectivity index is 1.83. The Morgan fingerprint density at radius 1 is 1.55 bits per heavy atom. The van der Waals surface area contributed by atoms with Gasteiger partial charge in [0.1, 0.15) is 5.82 Å². The molecule has 3 rings (SSSR count). The predicted octanol–water partition coefficient (Wildman–Crippen LogP) is 0.340. The second kappa shape index (κ2) is 5.65. The molecule has 0 bridgehead atoms. The Bertz CT molecular complexity index is 460. The number of aryl methyl sites for hydroxylation is 1. The van der Waals surface area contributed by atoms with Gasteiger partial charge in [-0.3, -0.25) is 16.2 Å². The summed E-state index contributed by atoms with van der Waals surface area (Å²) in [5.74, 6) is 6.31. The van der Waals surface area contributed by atoms with Crippen molar-refractivity contribution < 1.29 is 4.74 Å². The van der Waals surface area contributed by atoms with Crippen LogP contribution in [-0.2, 0) is 4.74 Å². The summed E-state index contributed by atoms with van der Waals surface area (Å²) in [4.78, 5) is 6.68. The van der Waals surface area contributed by atoms with E-state index in [-0.39, 0.29) is 12.1 Å². The molecule has 6 nitrogen and oxygen atoms in total. The lowest BCUT2D eigenvalue weighted by Gasteiger charge is -2.39. The number of hydrogen-bond donors (Lipinski definition) is 3. The number of pyridine rings is 1. The van der Waals surface area contributed by atoms with E-state index in [0.717, 1.165) is 30.8 Å². The largest absolute Gasteiger partial charge is 0.383 e. The third kappa shape index (κ3) is 2.40. The first-order valence-electron chi connectivity index (χ1n) is 7.23. The van der Waals surface area contributed by atoms with Crippen molar-refractivity contribution in [1.29, 1.82) is 0 Å². The van der Waals surface area contributed by atoms with Gasteiger partial charge < -0.3 is 10.5 Å². The van der Waals surface area contributed by atoms with E-state index >= 15 is 0 Å². The molecule has 20 heavy (non-hydrogen) atoms. The second-order valence-electron chi connectivity index (χ2n) is 5.73. The van der Waals surface area contributed by atoms with Gasteiger partial charge in [-0.1, -0.05) is 0 Å². The van der Waals surface area contributed by atoms with Gasteiger partial charge in [-0.2, -0.15) is 0 Å². The second-order valence-corrected chi connectivity index (χ2v) is 5.73. The highest BCUT2D eigenvalue weighted by Crippen LogP contribution is 2.31. The zero-order valence-electron chi connectivity index (χ0n) is 11.9. The van der Waals surface area contributed by atoms with Crippen molar-refractivity contribution in [1.82, 2.24) is 15.3 Å². The molecule has 110 valence electrons. The first-order valence-corrected chi connectivity index (χ1v) is 7.23. The lowest BCUT2D eigenvalue weighted by Crippen LogP contribution is -2.52. The van der Waals surface area contributed by atoms with Crippen LogP contribution in [0.3, 0.4) is 0 Å². The number of nitrogen functional groups attached to an aromatic ring is 1. The summed E-state index contributed by atoms with van der Waals surface area (Å²) < 4.78 is 6.04. The summed E-state index contributed by atoms with van der Waals surface area (Å²) in [6.07, 6.45) is 4.23. The van der Waals surface area contributed by atoms with E-state index in [1.54, 1.807) is 6.20 Å². The molecule has 0 spiro atoms. The number of fused-ring (bicyclic) bond motifs is 1. The van der Waals surface area contributed by atoms with Crippen LogP contribution in [0.4, 0.5) is 5.82 Å². The molecule has 3 unspecified atom stereocenters. The van der Waals surface area contributed by atoms with Crippen LogP contribution >= 0.6 is 0 Å². The lowest BCUT2D eigenvalue weighted by molar-refractivity contribution is -0.0653. The molecular weight excluding hydrogens is 254 g/mol. The number of hydrogen-bond acceptors (Lipinski definition) is 6. The zero-order valence-corrected chi connectivity index (χ0v) is 11.9. The van der Waals surface area contributed by atoms with Crippen molar-refractivity contribution in [3.63, 3.8) is 0 Å². The number of aromatic nitrogens is 1. The summed E-state index contributed by atoms with van der Waals surface area (Å²) in [6, 6.07) is 2.42. The van der Waals surface area contributed by atoms with Crippen LogP contribution in [0, 0.1) is 6.92 Å². The van der Waals surface area contributed by atoms with E-state index in [1.807, 2.05) is 13.0 Å². The van der Waals surface area contributed by atoms with E-state index in [0.29, 0.717) is 11.9 Å². The summed E-state index contributed by atoms with van der Waals surface area (Å²) in [7, 11) is 0. The van der Waals surface area contributed by atoms with Gasteiger partial charge in [0.2, 0.25) is 0 Å². The van der Waals surface area contributed by atoms with Gasteiger partial charge in [0.15, 0.2) is 0 Å². The summed E-state index contributed by atoms with van der Waals surface area (Å²) in [5, 5.41) is 0. The number of nitrogens with one attached hydrogen (secondary N) is 1. The van der Waals surface area contributed by atoms with Crippen LogP contribution in [0.5, 0.6) is 0 Å². The van der Waals surface area contributed by atoms with E-state index in [4.69, 9.17) is 16.3 Å². The van der Waals surface area contributed by atoms with Crippen LogP contribution in [0.1, 0.15) is 30.0 Å². The molecule has 2 aliphatic heterocycles. The molecule has 2 aliphatic rings. The van der Waals surface area contributed by atoms with Crippen LogP contribution in [0.25, 0.3) is 0 Å². The first-order chi connectivity index (χ1) is 9.70. The summed E-state index contributed by atoms with van der Waals surface area (Å²) >= 11 is 0. The Kier molecular flexibility index (Phi) is 3.89.